The zero-order valence-electron chi connectivity index (χ0n) is 9.36. The van der Waals surface area contributed by atoms with Gasteiger partial charge in [-0.05, 0) is 42.9 Å². The second-order valence-electron chi connectivity index (χ2n) is 4.08. The topological polar surface area (TPSA) is 17.1 Å². The number of ketones is 1. The first-order chi connectivity index (χ1) is 7.86. The van der Waals surface area contributed by atoms with Gasteiger partial charge in [0.25, 0.3) is 0 Å². The molecule has 2 rings (SSSR count). The molecule has 1 aromatic carbocycles. The predicted molar refractivity (Wildman–Crippen MR) is 67.0 cm³/mol. The number of carbonyl (C=O) groups excluding carboxylic acids is 1. The first-order valence-corrected chi connectivity index (χ1v) is 5.83. The number of hydrogen-bond donors (Lipinski definition) is 0. The van der Waals surface area contributed by atoms with Crippen LogP contribution in [0.3, 0.4) is 0 Å². The van der Waals surface area contributed by atoms with Crippen LogP contribution in [0.2, 0.25) is 0 Å². The van der Waals surface area contributed by atoms with Gasteiger partial charge in [-0.2, -0.15) is 0 Å². The molecule has 0 N–H and O–H groups in total. The maximum absolute atomic E-state index is 11.8. The van der Waals surface area contributed by atoms with E-state index in [1.807, 2.05) is 36.4 Å². The molecule has 16 heavy (non-hydrogen) atoms. The summed E-state index contributed by atoms with van der Waals surface area (Å²) < 4.78 is 0. The normalized spacial score (nSPS) is 16.1. The number of carbonyl (C=O) groups is 1. The van der Waals surface area contributed by atoms with Crippen molar-refractivity contribution in [3.05, 3.63) is 53.6 Å². The van der Waals surface area contributed by atoms with Crippen LogP contribution >= 0.6 is 0 Å². The smallest absolute Gasteiger partial charge is 0.181 e. The Hall–Kier alpha value is -1.63. The van der Waals surface area contributed by atoms with Crippen LogP contribution in [0.1, 0.15) is 31.2 Å². The SMILES string of the molecule is O=C(/C=C\c1ccccc1)C1=CCCCC1. The van der Waals surface area contributed by atoms with E-state index in [9.17, 15) is 4.79 Å². The second-order valence-corrected chi connectivity index (χ2v) is 4.08. The lowest BCUT2D eigenvalue weighted by molar-refractivity contribution is -0.111. The van der Waals surface area contributed by atoms with Crippen molar-refractivity contribution in [2.45, 2.75) is 25.7 Å². The van der Waals surface area contributed by atoms with Crippen molar-refractivity contribution in [3.8, 4) is 0 Å². The van der Waals surface area contributed by atoms with Crippen molar-refractivity contribution >= 4 is 11.9 Å². The molecule has 0 atom stereocenters. The molecular weight excluding hydrogens is 196 g/mol. The van der Waals surface area contributed by atoms with Crippen molar-refractivity contribution < 1.29 is 4.79 Å². The van der Waals surface area contributed by atoms with E-state index in [1.54, 1.807) is 6.08 Å². The van der Waals surface area contributed by atoms with Gasteiger partial charge in [-0.15, -0.1) is 0 Å². The highest BCUT2D eigenvalue weighted by Gasteiger charge is 2.08. The first-order valence-electron chi connectivity index (χ1n) is 5.83. The Balaban J connectivity index is 2.02. The minimum absolute atomic E-state index is 0.170. The summed E-state index contributed by atoms with van der Waals surface area (Å²) in [4.78, 5) is 11.8. The number of benzene rings is 1. The lowest BCUT2D eigenvalue weighted by Gasteiger charge is -2.08. The summed E-state index contributed by atoms with van der Waals surface area (Å²) in [6.45, 7) is 0. The van der Waals surface area contributed by atoms with Gasteiger partial charge in [-0.1, -0.05) is 42.5 Å². The number of allylic oxidation sites excluding steroid dienone is 3. The monoisotopic (exact) mass is 212 g/mol. The largest absolute Gasteiger partial charge is 0.290 e. The van der Waals surface area contributed by atoms with Gasteiger partial charge < -0.3 is 0 Å². The van der Waals surface area contributed by atoms with E-state index in [2.05, 4.69) is 6.08 Å². The zero-order valence-corrected chi connectivity index (χ0v) is 9.36. The van der Waals surface area contributed by atoms with Gasteiger partial charge in [-0.3, -0.25) is 4.79 Å². The average molecular weight is 212 g/mol. The molecule has 1 aliphatic carbocycles. The predicted octanol–water partition coefficient (Wildman–Crippen LogP) is 3.77. The summed E-state index contributed by atoms with van der Waals surface area (Å²) in [6, 6.07) is 9.93. The Bertz CT molecular complexity index is 412. The van der Waals surface area contributed by atoms with Crippen LogP contribution in [0, 0.1) is 0 Å². The fraction of sp³-hybridized carbons (Fsp3) is 0.267. The molecular formula is C15H16O. The molecule has 0 spiro atoms. The van der Waals surface area contributed by atoms with Crippen LogP contribution < -0.4 is 0 Å². The Morgan fingerprint density at radius 1 is 1.12 bits per heavy atom. The van der Waals surface area contributed by atoms with Gasteiger partial charge in [0.1, 0.15) is 0 Å². The van der Waals surface area contributed by atoms with Gasteiger partial charge in [0, 0.05) is 0 Å². The van der Waals surface area contributed by atoms with E-state index < -0.39 is 0 Å². The summed E-state index contributed by atoms with van der Waals surface area (Å²) >= 11 is 0. The van der Waals surface area contributed by atoms with Crippen molar-refractivity contribution in [1.82, 2.24) is 0 Å². The fourth-order valence-electron chi connectivity index (χ4n) is 1.91. The van der Waals surface area contributed by atoms with E-state index in [1.165, 1.54) is 6.42 Å². The van der Waals surface area contributed by atoms with Gasteiger partial charge in [0.2, 0.25) is 0 Å². The van der Waals surface area contributed by atoms with Crippen LogP contribution in [0.4, 0.5) is 0 Å². The minimum Gasteiger partial charge on any atom is -0.290 e. The summed E-state index contributed by atoms with van der Waals surface area (Å²) in [5, 5.41) is 0. The highest BCUT2D eigenvalue weighted by atomic mass is 16.1. The van der Waals surface area contributed by atoms with Crippen LogP contribution in [0.5, 0.6) is 0 Å². The molecule has 0 radical (unpaired) electrons. The molecule has 0 fully saturated rings. The van der Waals surface area contributed by atoms with E-state index in [0.717, 1.165) is 30.4 Å². The van der Waals surface area contributed by atoms with Crippen LogP contribution in [-0.2, 0) is 4.79 Å². The maximum Gasteiger partial charge on any atom is 0.181 e. The van der Waals surface area contributed by atoms with E-state index >= 15 is 0 Å². The first kappa shape index (κ1) is 10.9. The number of rotatable bonds is 3. The molecule has 0 bridgehead atoms. The van der Waals surface area contributed by atoms with Gasteiger partial charge in [0.05, 0.1) is 0 Å². The van der Waals surface area contributed by atoms with Crippen molar-refractivity contribution in [2.75, 3.05) is 0 Å². The Labute approximate surface area is 96.5 Å². The quantitative estimate of drug-likeness (QED) is 0.697. The molecule has 0 aromatic heterocycles. The van der Waals surface area contributed by atoms with E-state index in [4.69, 9.17) is 0 Å². The molecule has 0 unspecified atom stereocenters. The number of hydrogen-bond acceptors (Lipinski definition) is 1. The highest BCUT2D eigenvalue weighted by molar-refractivity contribution is 6.06. The molecule has 1 heteroatoms. The molecule has 1 aliphatic rings. The molecule has 0 heterocycles. The average Bonchev–Trinajstić information content (AvgIpc) is 2.38. The van der Waals surface area contributed by atoms with Crippen LogP contribution in [-0.4, -0.2) is 5.78 Å². The maximum atomic E-state index is 11.8. The molecule has 0 saturated heterocycles. The van der Waals surface area contributed by atoms with E-state index in [0.29, 0.717) is 0 Å². The van der Waals surface area contributed by atoms with Crippen molar-refractivity contribution in [2.24, 2.45) is 0 Å². The third-order valence-electron chi connectivity index (χ3n) is 2.83. The summed E-state index contributed by atoms with van der Waals surface area (Å²) in [7, 11) is 0. The summed E-state index contributed by atoms with van der Waals surface area (Å²) in [5.74, 6) is 0.170. The highest BCUT2D eigenvalue weighted by Crippen LogP contribution is 2.18. The van der Waals surface area contributed by atoms with Gasteiger partial charge >= 0.3 is 0 Å². The third-order valence-corrected chi connectivity index (χ3v) is 2.83. The molecule has 0 amide bonds. The lowest BCUT2D eigenvalue weighted by Crippen LogP contribution is -2.02. The lowest BCUT2D eigenvalue weighted by atomic mass is 9.96. The molecule has 1 aromatic rings. The fourth-order valence-corrected chi connectivity index (χ4v) is 1.91. The minimum atomic E-state index is 0.170. The Kier molecular flexibility index (Phi) is 3.71. The van der Waals surface area contributed by atoms with E-state index in [-0.39, 0.29) is 5.78 Å². The van der Waals surface area contributed by atoms with Crippen molar-refractivity contribution in [3.63, 3.8) is 0 Å². The Morgan fingerprint density at radius 3 is 2.62 bits per heavy atom. The van der Waals surface area contributed by atoms with Gasteiger partial charge in [-0.25, -0.2) is 0 Å². The second kappa shape index (κ2) is 5.45. The Morgan fingerprint density at radius 2 is 1.94 bits per heavy atom. The summed E-state index contributed by atoms with van der Waals surface area (Å²) in [6.07, 6.45) is 10.0. The van der Waals surface area contributed by atoms with Crippen molar-refractivity contribution in [1.29, 1.82) is 0 Å². The molecule has 0 aliphatic heterocycles. The summed E-state index contributed by atoms with van der Waals surface area (Å²) in [5.41, 5.74) is 2.06. The molecule has 82 valence electrons. The molecule has 1 nitrogen and oxygen atoms in total. The molecule has 0 saturated carbocycles. The third kappa shape index (κ3) is 2.93. The van der Waals surface area contributed by atoms with Gasteiger partial charge in [0.15, 0.2) is 5.78 Å². The van der Waals surface area contributed by atoms with Crippen LogP contribution in [0.25, 0.3) is 6.08 Å². The zero-order chi connectivity index (χ0) is 11.2. The van der Waals surface area contributed by atoms with Crippen LogP contribution in [0.15, 0.2) is 48.1 Å². The standard InChI is InChI=1S/C15H16O/c16-15(14-9-5-2-6-10-14)12-11-13-7-3-1-4-8-13/h1,3-4,7-9,11-12H,2,5-6,10H2/b12-11-.